The van der Waals surface area contributed by atoms with Crippen LogP contribution in [0.3, 0.4) is 0 Å². The molecule has 0 saturated heterocycles. The lowest BCUT2D eigenvalue weighted by Crippen LogP contribution is -2.40. The van der Waals surface area contributed by atoms with Crippen molar-refractivity contribution in [3.8, 4) is 0 Å². The fourth-order valence-electron chi connectivity index (χ4n) is 3.37. The normalized spacial score (nSPS) is 16.0. The van der Waals surface area contributed by atoms with Gasteiger partial charge >= 0.3 is 6.18 Å². The fraction of sp³-hybridized carbons (Fsp3) is 0.278. The first-order valence-corrected chi connectivity index (χ1v) is 9.12. The standard InChI is InChI=1S/C18H16ClF3N6O/c1-10-24-14-9-27(7-5-11(14)16(25-10)28-8-6-23-26-28)17(29)12-3-2-4-13(15(12)19)18(20,21)22/h2-4,6,8,23,26H,5,7,9H2,1H3. The Labute approximate surface area is 169 Å². The number of carbonyl (C=O) groups is 1. The quantitative estimate of drug-likeness (QED) is 0.772. The molecule has 1 aromatic carbocycles. The van der Waals surface area contributed by atoms with E-state index in [9.17, 15) is 18.0 Å². The number of nitrogens with zero attached hydrogens (tertiary/aromatic N) is 4. The minimum absolute atomic E-state index is 0.155. The molecule has 2 aliphatic heterocycles. The summed E-state index contributed by atoms with van der Waals surface area (Å²) < 4.78 is 39.4. The van der Waals surface area contributed by atoms with Gasteiger partial charge in [0.05, 0.1) is 28.4 Å². The molecule has 2 aliphatic rings. The topological polar surface area (TPSA) is 73.4 Å². The van der Waals surface area contributed by atoms with Crippen molar-refractivity contribution in [3.05, 3.63) is 63.8 Å². The zero-order valence-electron chi connectivity index (χ0n) is 15.2. The Balaban J connectivity index is 1.64. The number of aromatic nitrogens is 2. The van der Waals surface area contributed by atoms with E-state index in [1.807, 2.05) is 0 Å². The highest BCUT2D eigenvalue weighted by Gasteiger charge is 2.36. The van der Waals surface area contributed by atoms with Gasteiger partial charge in [0.15, 0.2) is 5.82 Å². The number of rotatable bonds is 2. The molecule has 0 radical (unpaired) electrons. The molecule has 0 aliphatic carbocycles. The molecular formula is C18H16ClF3N6O. The van der Waals surface area contributed by atoms with E-state index in [0.717, 1.165) is 11.6 Å². The lowest BCUT2D eigenvalue weighted by molar-refractivity contribution is -0.137. The second-order valence-electron chi connectivity index (χ2n) is 6.60. The predicted molar refractivity (Wildman–Crippen MR) is 99.6 cm³/mol. The van der Waals surface area contributed by atoms with E-state index < -0.39 is 22.7 Å². The van der Waals surface area contributed by atoms with Crippen LogP contribution in [0.15, 0.2) is 30.6 Å². The van der Waals surface area contributed by atoms with Gasteiger partial charge in [0, 0.05) is 24.5 Å². The third-order valence-electron chi connectivity index (χ3n) is 4.70. The molecule has 0 atom stereocenters. The Hall–Kier alpha value is -2.85. The molecule has 1 amide bonds. The van der Waals surface area contributed by atoms with Gasteiger partial charge in [-0.3, -0.25) is 4.79 Å². The Morgan fingerprint density at radius 3 is 2.76 bits per heavy atom. The van der Waals surface area contributed by atoms with Gasteiger partial charge in [-0.1, -0.05) is 17.7 Å². The number of hydrogen-bond acceptors (Lipinski definition) is 6. The van der Waals surface area contributed by atoms with Gasteiger partial charge in [-0.25, -0.2) is 15.0 Å². The summed E-state index contributed by atoms with van der Waals surface area (Å²) in [7, 11) is 0. The maximum absolute atomic E-state index is 13.1. The molecule has 3 heterocycles. The Morgan fingerprint density at radius 2 is 2.07 bits per heavy atom. The molecule has 4 rings (SSSR count). The molecule has 2 aromatic rings. The van der Waals surface area contributed by atoms with Crippen LogP contribution in [-0.2, 0) is 19.1 Å². The third-order valence-corrected chi connectivity index (χ3v) is 5.10. The zero-order chi connectivity index (χ0) is 20.8. The fourth-order valence-corrected chi connectivity index (χ4v) is 3.68. The van der Waals surface area contributed by atoms with Crippen molar-refractivity contribution >= 4 is 23.3 Å². The van der Waals surface area contributed by atoms with Crippen LogP contribution in [0.5, 0.6) is 0 Å². The van der Waals surface area contributed by atoms with Crippen molar-refractivity contribution in [2.45, 2.75) is 26.1 Å². The van der Waals surface area contributed by atoms with Crippen LogP contribution in [0.25, 0.3) is 0 Å². The van der Waals surface area contributed by atoms with Crippen molar-refractivity contribution in [2.75, 3.05) is 11.6 Å². The van der Waals surface area contributed by atoms with E-state index in [2.05, 4.69) is 20.9 Å². The van der Waals surface area contributed by atoms with Crippen LogP contribution in [0, 0.1) is 6.92 Å². The smallest absolute Gasteiger partial charge is 0.332 e. The average Bonchev–Trinajstić information content (AvgIpc) is 3.20. The van der Waals surface area contributed by atoms with Crippen molar-refractivity contribution in [1.29, 1.82) is 0 Å². The Bertz CT molecular complexity index is 1010. The summed E-state index contributed by atoms with van der Waals surface area (Å²) in [5.41, 5.74) is 6.07. The molecule has 29 heavy (non-hydrogen) atoms. The molecule has 0 bridgehead atoms. The zero-order valence-corrected chi connectivity index (χ0v) is 16.0. The number of carbonyl (C=O) groups excluding carboxylic acids is 1. The molecule has 0 spiro atoms. The van der Waals surface area contributed by atoms with Crippen molar-refractivity contribution < 1.29 is 18.0 Å². The van der Waals surface area contributed by atoms with Gasteiger partial charge in [-0.15, -0.1) is 5.53 Å². The maximum Gasteiger partial charge on any atom is 0.417 e. The van der Waals surface area contributed by atoms with Crippen molar-refractivity contribution in [1.82, 2.24) is 25.8 Å². The van der Waals surface area contributed by atoms with E-state index in [1.165, 1.54) is 17.0 Å². The number of anilines is 1. The summed E-state index contributed by atoms with van der Waals surface area (Å²) in [6.45, 7) is 2.20. The molecule has 152 valence electrons. The molecule has 11 heteroatoms. The van der Waals surface area contributed by atoms with E-state index in [1.54, 1.807) is 24.3 Å². The Morgan fingerprint density at radius 1 is 1.28 bits per heavy atom. The summed E-state index contributed by atoms with van der Waals surface area (Å²) in [6, 6.07) is 3.34. The molecule has 0 unspecified atom stereocenters. The number of benzene rings is 1. The van der Waals surface area contributed by atoms with Crippen LogP contribution >= 0.6 is 11.6 Å². The number of aryl methyl sites for hydroxylation is 1. The molecule has 7 nitrogen and oxygen atoms in total. The molecular weight excluding hydrogens is 409 g/mol. The number of hydrazine groups is 2. The van der Waals surface area contributed by atoms with Gasteiger partial charge < -0.3 is 10.3 Å². The number of amides is 1. The SMILES string of the molecule is Cc1nc2c(c(N3C=CNN3)n1)CCN(C(=O)c1cccc(C(F)(F)F)c1Cl)C2. The molecule has 0 fully saturated rings. The summed E-state index contributed by atoms with van der Waals surface area (Å²) in [6.07, 6.45) is -0.704. The maximum atomic E-state index is 13.1. The second-order valence-corrected chi connectivity index (χ2v) is 6.98. The van der Waals surface area contributed by atoms with Crippen molar-refractivity contribution in [2.24, 2.45) is 0 Å². The van der Waals surface area contributed by atoms with Gasteiger partial charge in [-0.2, -0.15) is 13.2 Å². The molecule has 1 aromatic heterocycles. The second kappa shape index (κ2) is 7.20. The first-order chi connectivity index (χ1) is 13.8. The first kappa shape index (κ1) is 19.5. The van der Waals surface area contributed by atoms with Crippen molar-refractivity contribution in [3.63, 3.8) is 0 Å². The van der Waals surface area contributed by atoms with Gasteiger partial charge in [0.25, 0.3) is 5.91 Å². The summed E-state index contributed by atoms with van der Waals surface area (Å²) in [5, 5.41) is 1.11. The summed E-state index contributed by atoms with van der Waals surface area (Å²) in [5.74, 6) is 0.621. The molecule has 0 saturated carbocycles. The van der Waals surface area contributed by atoms with Gasteiger partial charge in [0.1, 0.15) is 5.82 Å². The first-order valence-electron chi connectivity index (χ1n) is 8.74. The monoisotopic (exact) mass is 424 g/mol. The highest BCUT2D eigenvalue weighted by molar-refractivity contribution is 6.34. The van der Waals surface area contributed by atoms with Gasteiger partial charge in [0.2, 0.25) is 0 Å². The summed E-state index contributed by atoms with van der Waals surface area (Å²) in [4.78, 5) is 23.3. The van der Waals surface area contributed by atoms with E-state index >= 15 is 0 Å². The van der Waals surface area contributed by atoms with E-state index in [-0.39, 0.29) is 12.1 Å². The number of nitrogens with one attached hydrogen (secondary N) is 2. The predicted octanol–water partition coefficient (Wildman–Crippen LogP) is 2.96. The van der Waals surface area contributed by atoms with E-state index in [4.69, 9.17) is 11.6 Å². The highest BCUT2D eigenvalue weighted by atomic mass is 35.5. The Kier molecular flexibility index (Phi) is 4.83. The minimum atomic E-state index is -4.63. The van der Waals surface area contributed by atoms with Crippen LogP contribution in [0.2, 0.25) is 5.02 Å². The lowest BCUT2D eigenvalue weighted by Gasteiger charge is -2.31. The van der Waals surface area contributed by atoms with Crippen LogP contribution in [0.1, 0.15) is 33.0 Å². The third kappa shape index (κ3) is 3.60. The largest absolute Gasteiger partial charge is 0.417 e. The van der Waals surface area contributed by atoms with Crippen LogP contribution < -0.4 is 16.0 Å². The van der Waals surface area contributed by atoms with E-state index in [0.29, 0.717) is 30.3 Å². The van der Waals surface area contributed by atoms with Gasteiger partial charge in [-0.05, 0) is 25.5 Å². The van der Waals surface area contributed by atoms with Crippen LogP contribution in [-0.4, -0.2) is 27.3 Å². The number of alkyl halides is 3. The highest BCUT2D eigenvalue weighted by Crippen LogP contribution is 2.37. The number of fused-ring (bicyclic) bond motifs is 1. The minimum Gasteiger partial charge on any atom is -0.332 e. The lowest BCUT2D eigenvalue weighted by atomic mass is 10.0. The summed E-state index contributed by atoms with van der Waals surface area (Å²) >= 11 is 5.92. The number of halogens is 4. The number of hydrogen-bond donors (Lipinski definition) is 2. The average molecular weight is 425 g/mol. The molecule has 2 N–H and O–H groups in total. The van der Waals surface area contributed by atoms with Crippen LogP contribution in [0.4, 0.5) is 19.0 Å².